The van der Waals surface area contributed by atoms with E-state index in [1.165, 1.54) is 18.7 Å². The number of H-pyrrole nitrogens is 1. The van der Waals surface area contributed by atoms with E-state index in [1.54, 1.807) is 25.3 Å². The lowest BCUT2D eigenvalue weighted by Gasteiger charge is -2.14. The maximum absolute atomic E-state index is 12.1. The molecule has 0 bridgehead atoms. The van der Waals surface area contributed by atoms with E-state index < -0.39 is 11.5 Å². The molecule has 2 rings (SSSR count). The summed E-state index contributed by atoms with van der Waals surface area (Å²) in [5.41, 5.74) is 0.0955. The molecular weight excluding hydrogens is 410 g/mol. The molecule has 0 aliphatic rings. The monoisotopic (exact) mass is 423 g/mol. The summed E-state index contributed by atoms with van der Waals surface area (Å²) in [7, 11) is 0. The third-order valence-electron chi connectivity index (χ3n) is 3.03. The zero-order chi connectivity index (χ0) is 18.6. The highest BCUT2D eigenvalue weighted by Gasteiger charge is 2.19. The van der Waals surface area contributed by atoms with Crippen molar-refractivity contribution in [3.63, 3.8) is 0 Å². The van der Waals surface area contributed by atoms with Crippen LogP contribution < -0.4 is 15.0 Å². The molecular formula is C16H14BrN3O4S. The Labute approximate surface area is 156 Å². The smallest absolute Gasteiger partial charge is 0.308 e. The van der Waals surface area contributed by atoms with Crippen LogP contribution in [0.1, 0.15) is 19.4 Å². The molecule has 0 spiro atoms. The normalized spacial score (nSPS) is 10.2. The molecule has 1 aromatic heterocycles. The second-order valence-corrected chi connectivity index (χ2v) is 6.37. The molecule has 2 aromatic rings. The number of halogens is 1. The van der Waals surface area contributed by atoms with Gasteiger partial charge in [0.2, 0.25) is 0 Å². The van der Waals surface area contributed by atoms with Gasteiger partial charge in [0.15, 0.2) is 16.7 Å². The van der Waals surface area contributed by atoms with Gasteiger partial charge in [0.1, 0.15) is 11.6 Å². The van der Waals surface area contributed by atoms with Crippen LogP contribution in [0.5, 0.6) is 11.5 Å². The zero-order valence-corrected chi connectivity index (χ0v) is 16.1. The number of nitrogens with one attached hydrogen (secondary N) is 1. The third kappa shape index (κ3) is 4.21. The fraction of sp³-hybridized carbons (Fsp3) is 0.250. The van der Waals surface area contributed by atoms with Gasteiger partial charge < -0.3 is 14.5 Å². The molecule has 1 aromatic carbocycles. The number of carbonyl (C=O) groups is 1. The summed E-state index contributed by atoms with van der Waals surface area (Å²) < 4.78 is 11.2. The van der Waals surface area contributed by atoms with Crippen LogP contribution in [-0.2, 0) is 4.79 Å². The van der Waals surface area contributed by atoms with E-state index in [4.69, 9.17) is 9.47 Å². The van der Waals surface area contributed by atoms with Crippen LogP contribution in [0.2, 0.25) is 0 Å². The number of nitriles is 1. The Morgan fingerprint density at radius 2 is 2.20 bits per heavy atom. The first-order valence-corrected chi connectivity index (χ1v) is 9.16. The quantitative estimate of drug-likeness (QED) is 0.340. The Kier molecular flexibility index (Phi) is 6.22. The topological polar surface area (TPSA) is 105 Å². The number of aromatic amines is 1. The van der Waals surface area contributed by atoms with Crippen molar-refractivity contribution in [2.75, 3.05) is 12.9 Å². The van der Waals surface area contributed by atoms with E-state index >= 15 is 0 Å². The molecule has 1 heterocycles. The summed E-state index contributed by atoms with van der Waals surface area (Å²) in [6.07, 6.45) is 1.76. The average molecular weight is 424 g/mol. The van der Waals surface area contributed by atoms with E-state index in [2.05, 4.69) is 25.9 Å². The fourth-order valence-electron chi connectivity index (χ4n) is 2.07. The summed E-state index contributed by atoms with van der Waals surface area (Å²) in [6.45, 7) is 3.41. The number of thioether (sulfide) groups is 1. The van der Waals surface area contributed by atoms with Crippen LogP contribution in [-0.4, -0.2) is 28.8 Å². The molecule has 9 heteroatoms. The van der Waals surface area contributed by atoms with Crippen LogP contribution in [0.3, 0.4) is 0 Å². The first kappa shape index (κ1) is 19.0. The van der Waals surface area contributed by atoms with Crippen molar-refractivity contribution in [3.8, 4) is 28.8 Å². The van der Waals surface area contributed by atoms with Gasteiger partial charge in [-0.1, -0.05) is 11.8 Å². The summed E-state index contributed by atoms with van der Waals surface area (Å²) >= 11 is 4.59. The number of carbonyl (C=O) groups excluding carboxylic acids is 1. The molecule has 0 atom stereocenters. The molecule has 0 aliphatic heterocycles. The van der Waals surface area contributed by atoms with E-state index in [0.29, 0.717) is 27.5 Å². The van der Waals surface area contributed by atoms with Crippen LogP contribution in [0, 0.1) is 11.3 Å². The second-order valence-electron chi connectivity index (χ2n) is 4.72. The Bertz CT molecular complexity index is 921. The van der Waals surface area contributed by atoms with Gasteiger partial charge >= 0.3 is 5.97 Å². The van der Waals surface area contributed by atoms with E-state index in [9.17, 15) is 14.9 Å². The second kappa shape index (κ2) is 8.18. The number of benzene rings is 1. The fourth-order valence-corrected chi connectivity index (χ4v) is 2.97. The van der Waals surface area contributed by atoms with Crippen molar-refractivity contribution in [3.05, 3.63) is 32.5 Å². The predicted octanol–water partition coefficient (Wildman–Crippen LogP) is 3.12. The van der Waals surface area contributed by atoms with Crippen molar-refractivity contribution in [1.29, 1.82) is 5.26 Å². The van der Waals surface area contributed by atoms with Gasteiger partial charge in [-0.3, -0.25) is 9.59 Å². The number of esters is 1. The molecule has 0 fully saturated rings. The first-order valence-electron chi connectivity index (χ1n) is 7.14. The summed E-state index contributed by atoms with van der Waals surface area (Å²) in [5.74, 6) is 0.0383. The van der Waals surface area contributed by atoms with Crippen LogP contribution >= 0.6 is 27.7 Å². The largest absolute Gasteiger partial charge is 0.490 e. The number of hydrogen-bond acceptors (Lipinski definition) is 7. The number of rotatable bonds is 5. The summed E-state index contributed by atoms with van der Waals surface area (Å²) in [5, 5.41) is 9.70. The highest BCUT2D eigenvalue weighted by atomic mass is 79.9. The van der Waals surface area contributed by atoms with Gasteiger partial charge in [0.05, 0.1) is 16.8 Å². The van der Waals surface area contributed by atoms with E-state index in [0.717, 1.165) is 0 Å². The lowest BCUT2D eigenvalue weighted by molar-refractivity contribution is -0.132. The summed E-state index contributed by atoms with van der Waals surface area (Å²) in [4.78, 5) is 30.3. The van der Waals surface area contributed by atoms with Gasteiger partial charge in [-0.25, -0.2) is 4.98 Å². The first-order chi connectivity index (χ1) is 11.9. The van der Waals surface area contributed by atoms with Crippen LogP contribution in [0.15, 0.2) is 26.6 Å². The molecule has 0 aliphatic carbocycles. The van der Waals surface area contributed by atoms with Crippen molar-refractivity contribution in [1.82, 2.24) is 9.97 Å². The van der Waals surface area contributed by atoms with E-state index in [-0.39, 0.29) is 17.0 Å². The molecule has 7 nitrogen and oxygen atoms in total. The minimum absolute atomic E-state index is 0.104. The Balaban J connectivity index is 2.72. The maximum Gasteiger partial charge on any atom is 0.308 e. The molecule has 0 saturated heterocycles. The molecule has 0 saturated carbocycles. The molecule has 1 N–H and O–H groups in total. The van der Waals surface area contributed by atoms with Gasteiger partial charge in [-0.15, -0.1) is 0 Å². The minimum Gasteiger partial charge on any atom is -0.490 e. The number of hydrogen-bond donors (Lipinski definition) is 1. The molecule has 25 heavy (non-hydrogen) atoms. The highest BCUT2D eigenvalue weighted by Crippen LogP contribution is 2.40. The lowest BCUT2D eigenvalue weighted by Crippen LogP contribution is -2.14. The minimum atomic E-state index is -0.519. The van der Waals surface area contributed by atoms with Crippen molar-refractivity contribution in [2.24, 2.45) is 0 Å². The summed E-state index contributed by atoms with van der Waals surface area (Å²) in [6, 6.07) is 5.08. The number of aromatic nitrogens is 2. The third-order valence-corrected chi connectivity index (χ3v) is 4.20. The predicted molar refractivity (Wildman–Crippen MR) is 97.0 cm³/mol. The van der Waals surface area contributed by atoms with Crippen molar-refractivity contribution in [2.45, 2.75) is 19.0 Å². The maximum atomic E-state index is 12.1. The Hall–Kier alpha value is -2.31. The van der Waals surface area contributed by atoms with Gasteiger partial charge in [0, 0.05) is 12.5 Å². The molecule has 0 amide bonds. The van der Waals surface area contributed by atoms with Crippen LogP contribution in [0.25, 0.3) is 11.3 Å². The number of ether oxygens (including phenoxy) is 2. The zero-order valence-electron chi connectivity index (χ0n) is 13.7. The highest BCUT2D eigenvalue weighted by molar-refractivity contribution is 9.10. The Morgan fingerprint density at radius 3 is 2.76 bits per heavy atom. The van der Waals surface area contributed by atoms with Crippen molar-refractivity contribution < 1.29 is 14.3 Å². The molecule has 0 radical (unpaired) electrons. The average Bonchev–Trinajstić information content (AvgIpc) is 2.56. The van der Waals surface area contributed by atoms with Crippen LogP contribution in [0.4, 0.5) is 0 Å². The van der Waals surface area contributed by atoms with Gasteiger partial charge in [-0.05, 0) is 41.2 Å². The Morgan fingerprint density at radius 1 is 1.48 bits per heavy atom. The lowest BCUT2D eigenvalue weighted by atomic mass is 10.1. The SMILES string of the molecule is CCOc1cc(-c2nc(SC)[nH]c(=O)c2C#N)cc(Br)c1OC(C)=O. The molecule has 0 unspecified atom stereocenters. The van der Waals surface area contributed by atoms with Crippen molar-refractivity contribution >= 4 is 33.7 Å². The number of nitrogens with zero attached hydrogens (tertiary/aromatic N) is 2. The van der Waals surface area contributed by atoms with E-state index in [1.807, 2.05) is 6.07 Å². The van der Waals surface area contributed by atoms with Gasteiger partial charge in [-0.2, -0.15) is 5.26 Å². The standard InChI is InChI=1S/C16H14BrN3O4S/c1-4-23-12-6-9(5-11(17)14(12)24-8(2)21)13-10(7-18)15(22)20-16(19-13)25-3/h5-6H,4H2,1-3H3,(H,19,20,22). The molecule has 130 valence electrons. The van der Waals surface area contributed by atoms with Gasteiger partial charge in [0.25, 0.3) is 5.56 Å².